The largest absolute Gasteiger partial charge is 0.444 e. The van der Waals surface area contributed by atoms with Crippen molar-refractivity contribution in [1.29, 1.82) is 0 Å². The van der Waals surface area contributed by atoms with E-state index >= 15 is 0 Å². The van der Waals surface area contributed by atoms with Crippen LogP contribution in [0.2, 0.25) is 0 Å². The lowest BCUT2D eigenvalue weighted by atomic mass is 10.1. The van der Waals surface area contributed by atoms with Crippen LogP contribution in [0.15, 0.2) is 54.6 Å². The molecular weight excluding hydrogens is 335 g/mol. The number of nitrogens with one attached hydrogen (secondary N) is 2. The van der Waals surface area contributed by atoms with E-state index in [0.717, 1.165) is 5.56 Å². The van der Waals surface area contributed by atoms with Crippen LogP contribution in [0.3, 0.4) is 0 Å². The van der Waals surface area contributed by atoms with Crippen molar-refractivity contribution in [1.82, 2.24) is 5.32 Å². The normalized spacial score (nSPS) is 12.2. The van der Waals surface area contributed by atoms with Crippen molar-refractivity contribution in [3.63, 3.8) is 0 Å². The summed E-state index contributed by atoms with van der Waals surface area (Å²) in [5, 5.41) is 5.21. The van der Waals surface area contributed by atoms with Crippen molar-refractivity contribution < 1.29 is 18.7 Å². The van der Waals surface area contributed by atoms with Gasteiger partial charge in [0.2, 0.25) is 5.91 Å². The second kappa shape index (κ2) is 8.47. The summed E-state index contributed by atoms with van der Waals surface area (Å²) in [6.07, 6.45) is -0.408. The van der Waals surface area contributed by atoms with Crippen molar-refractivity contribution in [2.45, 2.75) is 38.8 Å². The lowest BCUT2D eigenvalue weighted by molar-refractivity contribution is -0.118. The van der Waals surface area contributed by atoms with Gasteiger partial charge in [-0.3, -0.25) is 4.79 Å². The summed E-state index contributed by atoms with van der Waals surface area (Å²) in [6, 6.07) is 14.0. The first-order valence-corrected chi connectivity index (χ1v) is 8.33. The molecule has 2 aromatic carbocycles. The van der Waals surface area contributed by atoms with E-state index in [4.69, 9.17) is 4.74 Å². The van der Waals surface area contributed by atoms with Gasteiger partial charge in [-0.25, -0.2) is 9.18 Å². The minimum absolute atomic E-state index is 0.279. The summed E-state index contributed by atoms with van der Waals surface area (Å²) < 4.78 is 18.6. The molecule has 0 heterocycles. The van der Waals surface area contributed by atoms with Crippen LogP contribution < -0.4 is 10.6 Å². The van der Waals surface area contributed by atoms with Crippen LogP contribution in [0.1, 0.15) is 26.3 Å². The second-order valence-electron chi connectivity index (χ2n) is 6.89. The average Bonchev–Trinajstić information content (AvgIpc) is 2.53. The third-order valence-electron chi connectivity index (χ3n) is 3.38. The van der Waals surface area contributed by atoms with Gasteiger partial charge in [-0.05, 0) is 44.5 Å². The fourth-order valence-electron chi connectivity index (χ4n) is 2.30. The number of alkyl carbamates (subject to hydrolysis) is 1. The first-order valence-electron chi connectivity index (χ1n) is 8.33. The number of carbonyl (C=O) groups is 2. The van der Waals surface area contributed by atoms with Crippen molar-refractivity contribution in [3.05, 3.63) is 66.0 Å². The molecule has 2 aromatic rings. The van der Waals surface area contributed by atoms with E-state index in [0.29, 0.717) is 5.69 Å². The van der Waals surface area contributed by atoms with Gasteiger partial charge in [0.15, 0.2) is 0 Å². The Labute approximate surface area is 152 Å². The van der Waals surface area contributed by atoms with Gasteiger partial charge in [0.05, 0.1) is 0 Å². The fourth-order valence-corrected chi connectivity index (χ4v) is 2.30. The van der Waals surface area contributed by atoms with Crippen molar-refractivity contribution in [3.8, 4) is 0 Å². The molecule has 0 spiro atoms. The highest BCUT2D eigenvalue weighted by molar-refractivity contribution is 5.96. The maximum Gasteiger partial charge on any atom is 0.408 e. The van der Waals surface area contributed by atoms with Crippen LogP contribution in [-0.4, -0.2) is 23.6 Å². The Bertz CT molecular complexity index is 757. The Morgan fingerprint density at radius 2 is 1.77 bits per heavy atom. The first-order chi connectivity index (χ1) is 12.2. The topological polar surface area (TPSA) is 67.4 Å². The predicted octanol–water partition coefficient (Wildman–Crippen LogP) is 3.90. The molecule has 2 N–H and O–H groups in total. The quantitative estimate of drug-likeness (QED) is 0.852. The average molecular weight is 358 g/mol. The van der Waals surface area contributed by atoms with Gasteiger partial charge in [-0.15, -0.1) is 0 Å². The number of anilines is 1. The minimum Gasteiger partial charge on any atom is -0.444 e. The van der Waals surface area contributed by atoms with Gasteiger partial charge in [0.1, 0.15) is 17.5 Å². The highest BCUT2D eigenvalue weighted by atomic mass is 19.1. The second-order valence-corrected chi connectivity index (χ2v) is 6.89. The van der Waals surface area contributed by atoms with Crippen LogP contribution in [0, 0.1) is 5.82 Å². The lowest BCUT2D eigenvalue weighted by Crippen LogP contribution is -2.47. The number of hydrogen-bond donors (Lipinski definition) is 2. The molecule has 6 heteroatoms. The van der Waals surface area contributed by atoms with E-state index in [1.165, 1.54) is 18.2 Å². The number of halogens is 1. The van der Waals surface area contributed by atoms with E-state index < -0.39 is 29.5 Å². The van der Waals surface area contributed by atoms with Gasteiger partial charge < -0.3 is 15.4 Å². The molecule has 2 amide bonds. The molecule has 2 rings (SSSR count). The summed E-state index contributed by atoms with van der Waals surface area (Å²) in [5.41, 5.74) is 0.516. The maximum absolute atomic E-state index is 13.3. The lowest BCUT2D eigenvalue weighted by Gasteiger charge is -2.23. The Morgan fingerprint density at radius 3 is 2.38 bits per heavy atom. The summed E-state index contributed by atoms with van der Waals surface area (Å²) in [5.74, 6) is -0.909. The van der Waals surface area contributed by atoms with Crippen LogP contribution in [0.25, 0.3) is 0 Å². The molecule has 138 valence electrons. The molecule has 1 unspecified atom stereocenters. The number of rotatable bonds is 5. The van der Waals surface area contributed by atoms with E-state index in [9.17, 15) is 14.0 Å². The van der Waals surface area contributed by atoms with Crippen LogP contribution in [0.5, 0.6) is 0 Å². The zero-order chi connectivity index (χ0) is 19.2. The third kappa shape index (κ3) is 6.55. The predicted molar refractivity (Wildman–Crippen MR) is 98.3 cm³/mol. The van der Waals surface area contributed by atoms with E-state index in [1.807, 2.05) is 30.3 Å². The molecule has 0 radical (unpaired) electrons. The maximum atomic E-state index is 13.3. The number of ether oxygens (including phenoxy) is 1. The Balaban J connectivity index is 2.13. The first kappa shape index (κ1) is 19.4. The van der Waals surface area contributed by atoms with Crippen LogP contribution in [0.4, 0.5) is 14.9 Å². The van der Waals surface area contributed by atoms with Crippen molar-refractivity contribution in [2.24, 2.45) is 0 Å². The molecule has 0 aromatic heterocycles. The molecular formula is C20H23FN2O3. The van der Waals surface area contributed by atoms with E-state index in [2.05, 4.69) is 10.6 Å². The van der Waals surface area contributed by atoms with Gasteiger partial charge in [0.25, 0.3) is 0 Å². The zero-order valence-corrected chi connectivity index (χ0v) is 15.1. The van der Waals surface area contributed by atoms with E-state index in [1.54, 1.807) is 26.8 Å². The molecule has 26 heavy (non-hydrogen) atoms. The molecule has 0 aliphatic carbocycles. The smallest absolute Gasteiger partial charge is 0.408 e. The molecule has 0 aliphatic heterocycles. The summed E-state index contributed by atoms with van der Waals surface area (Å²) >= 11 is 0. The highest BCUT2D eigenvalue weighted by Gasteiger charge is 2.25. The van der Waals surface area contributed by atoms with Gasteiger partial charge in [0, 0.05) is 12.1 Å². The number of amides is 2. The summed E-state index contributed by atoms with van der Waals surface area (Å²) in [7, 11) is 0. The molecule has 0 saturated carbocycles. The minimum atomic E-state index is -0.865. The molecule has 0 saturated heterocycles. The highest BCUT2D eigenvalue weighted by Crippen LogP contribution is 2.12. The van der Waals surface area contributed by atoms with Gasteiger partial charge >= 0.3 is 6.09 Å². The summed E-state index contributed by atoms with van der Waals surface area (Å²) in [4.78, 5) is 24.7. The number of benzene rings is 2. The monoisotopic (exact) mass is 358 g/mol. The molecule has 0 fully saturated rings. The van der Waals surface area contributed by atoms with Crippen LogP contribution in [-0.2, 0) is 16.0 Å². The standard InChI is InChI=1S/C20H23FN2O3/c1-20(2,3)26-19(25)23-17(12-14-8-5-4-6-9-14)18(24)22-16-11-7-10-15(21)13-16/h4-11,13,17H,12H2,1-3H3,(H,22,24)(H,23,25). The Hall–Kier alpha value is -2.89. The Kier molecular flexibility index (Phi) is 6.33. The van der Waals surface area contributed by atoms with Crippen LogP contribution >= 0.6 is 0 Å². The fraction of sp³-hybridized carbons (Fsp3) is 0.300. The molecule has 0 aliphatic rings. The number of hydrogen-bond acceptors (Lipinski definition) is 3. The van der Waals surface area contributed by atoms with Gasteiger partial charge in [-0.1, -0.05) is 36.4 Å². The van der Waals surface area contributed by atoms with E-state index in [-0.39, 0.29) is 6.42 Å². The third-order valence-corrected chi connectivity index (χ3v) is 3.38. The molecule has 1 atom stereocenters. The summed E-state index contributed by atoms with van der Waals surface area (Å²) in [6.45, 7) is 5.22. The van der Waals surface area contributed by atoms with Gasteiger partial charge in [-0.2, -0.15) is 0 Å². The molecule has 5 nitrogen and oxygen atoms in total. The Morgan fingerprint density at radius 1 is 1.08 bits per heavy atom. The molecule has 0 bridgehead atoms. The number of carbonyl (C=O) groups excluding carboxylic acids is 2. The SMILES string of the molecule is CC(C)(C)OC(=O)NC(Cc1ccccc1)C(=O)Nc1cccc(F)c1. The van der Waals surface area contributed by atoms with Crippen molar-refractivity contribution >= 4 is 17.7 Å². The van der Waals surface area contributed by atoms with Crippen molar-refractivity contribution in [2.75, 3.05) is 5.32 Å². The zero-order valence-electron chi connectivity index (χ0n) is 15.1.